The number of unbranched alkanes of at least 4 members (excludes halogenated alkanes) is 2. The number of aromatic nitrogens is 14. The molecule has 14 rings (SSSR count). The molecule has 1 atom stereocenters. The number of ether oxygens (including phenoxy) is 4. The second kappa shape index (κ2) is 40.9. The molecule has 14 aromatic rings. The first-order chi connectivity index (χ1) is 58.8. The number of aromatic amines is 4. The smallest absolute Gasteiger partial charge is 0.245 e. The van der Waals surface area contributed by atoms with Crippen molar-refractivity contribution in [3.8, 4) is 90.8 Å². The SMILES string of the molecule is C[C@@H](C(=O)N(CCCn1cc(CCCCN(C)CCOc2ccc(-c3nc4cc(-c5ccc6[nH]c(-c7ccc(OCCN(C)C)cc7)nc6c5)ccc4[nH]3)cc2)nn1)CC(N)=O)N(C)C(=O)CNCCCn1cc(CCCCN(C)CCOc2ccc(-c3nc4cc(-c5ccc6[nH]c(-c7ccc(OCCN(C)C)cc7)nc6c5)ccc4[nH]3)cc2)nn1. The number of aryl methyl sites for hydroxylation is 4. The van der Waals surface area contributed by atoms with E-state index in [4.69, 9.17) is 44.6 Å². The topological polar surface area (TPSA) is 322 Å². The first kappa shape index (κ1) is 84.8. The first-order valence-corrected chi connectivity index (χ1v) is 41.7. The van der Waals surface area contributed by atoms with Gasteiger partial charge in [-0.05, 0) is 288 Å². The normalized spacial score (nSPS) is 12.0. The first-order valence-electron chi connectivity index (χ1n) is 41.7. The summed E-state index contributed by atoms with van der Waals surface area (Å²) in [5, 5.41) is 20.7. The summed E-state index contributed by atoms with van der Waals surface area (Å²) in [6.07, 6.45) is 10.6. The van der Waals surface area contributed by atoms with Crippen molar-refractivity contribution in [3.63, 3.8) is 0 Å². The number of rotatable bonds is 46. The summed E-state index contributed by atoms with van der Waals surface area (Å²) in [7, 11) is 13.9. The Labute approximate surface area is 705 Å². The Kier molecular flexibility index (Phi) is 28.6. The van der Waals surface area contributed by atoms with Crippen LogP contribution in [0.5, 0.6) is 23.0 Å². The minimum absolute atomic E-state index is 0.0448. The number of imidazole rings is 4. The second-order valence-electron chi connectivity index (χ2n) is 31.6. The van der Waals surface area contributed by atoms with Crippen molar-refractivity contribution in [2.24, 2.45) is 5.73 Å². The van der Waals surface area contributed by atoms with Gasteiger partial charge in [0.25, 0.3) is 0 Å². The lowest BCUT2D eigenvalue weighted by molar-refractivity contribution is -0.144. The molecular weight excluding hydrogens is 1530 g/mol. The third-order valence-corrected chi connectivity index (χ3v) is 21.6. The number of nitrogens with one attached hydrogen (secondary N) is 5. The number of nitrogens with zero attached hydrogens (tertiary/aromatic N) is 16. The lowest BCUT2D eigenvalue weighted by atomic mass is 10.0. The number of fused-ring (bicyclic) bond motifs is 4. The third-order valence-electron chi connectivity index (χ3n) is 21.6. The molecule has 3 amide bonds. The maximum Gasteiger partial charge on any atom is 0.245 e. The zero-order valence-electron chi connectivity index (χ0n) is 70.5. The number of hydrogen-bond acceptors (Lipinski definition) is 20. The van der Waals surface area contributed by atoms with Gasteiger partial charge in [0.1, 0.15) is 78.8 Å². The van der Waals surface area contributed by atoms with E-state index in [9.17, 15) is 14.4 Å². The highest BCUT2D eigenvalue weighted by Crippen LogP contribution is 2.34. The Balaban J connectivity index is 0.427. The van der Waals surface area contributed by atoms with E-state index >= 15 is 0 Å². The molecular formula is C92H110N22O7. The highest BCUT2D eigenvalue weighted by Gasteiger charge is 2.28. The Morgan fingerprint density at radius 1 is 0.413 bits per heavy atom. The number of H-pyrrole nitrogens is 4. The molecule has 0 saturated carbocycles. The van der Waals surface area contributed by atoms with Gasteiger partial charge in [0.2, 0.25) is 17.7 Å². The molecule has 8 aromatic carbocycles. The van der Waals surface area contributed by atoms with E-state index in [0.717, 1.165) is 231 Å². The molecule has 6 heterocycles. The number of likely N-dealkylation sites (N-methyl/N-ethyl adjacent to an activating group) is 5. The van der Waals surface area contributed by atoms with Crippen LogP contribution in [-0.4, -0.2) is 264 Å². The van der Waals surface area contributed by atoms with Gasteiger partial charge in [-0.2, -0.15) is 0 Å². The van der Waals surface area contributed by atoms with Gasteiger partial charge in [-0.3, -0.25) is 23.7 Å². The molecule has 0 aliphatic rings. The summed E-state index contributed by atoms with van der Waals surface area (Å²) < 4.78 is 27.7. The Bertz CT molecular complexity index is 5710. The van der Waals surface area contributed by atoms with Gasteiger partial charge < -0.3 is 79.3 Å². The van der Waals surface area contributed by atoms with Gasteiger partial charge in [-0.25, -0.2) is 19.9 Å². The lowest BCUT2D eigenvalue weighted by Crippen LogP contribution is -2.51. The fourth-order valence-electron chi connectivity index (χ4n) is 14.4. The monoisotopic (exact) mass is 1630 g/mol. The fourth-order valence-corrected chi connectivity index (χ4v) is 14.4. The number of carbonyl (C=O) groups is 3. The van der Waals surface area contributed by atoms with E-state index in [2.05, 4.69) is 152 Å². The molecule has 0 radical (unpaired) electrons. The average molecular weight is 1640 g/mol. The van der Waals surface area contributed by atoms with Gasteiger partial charge in [-0.15, -0.1) is 10.2 Å². The summed E-state index contributed by atoms with van der Waals surface area (Å²) in [4.78, 5) is 84.6. The molecule has 7 N–H and O–H groups in total. The van der Waals surface area contributed by atoms with Crippen LogP contribution in [0, 0.1) is 0 Å². The standard InChI is InChI=1S/C92H110N22O7/c1-63(111(8)87(116)59-94-41-13-45-113-60-72(103-105-113)15-9-11-42-109(6)49-53-120-76-33-21-66(22-34-76)90-97-80-39-27-70(57-84(80)101-90)68-25-37-78-82(55-68)99-88(95-78)64-17-29-74(30-18-64)118-51-47-107(2)3)92(117)112(62-86(93)115)44-14-46-114-61-73(104-106-114)16-10-12-43-110(7)50-54-121-77-35-23-67(24-36-77)91-98-81-40-28-71(58-85(81)102-91)69-26-38-79-83(56-69)100-89(96-79)65-19-31-75(32-20-65)119-52-48-108(4)5/h17-40,55-58,60-61,63,94H,9-16,41-54,59,62H2,1-8H3,(H2,93,115)(H,95,99)(H,96,100)(H,97,101)(H,98,102)/t63-/m0/s1. The molecule has 630 valence electrons. The van der Waals surface area contributed by atoms with E-state index in [1.807, 2.05) is 142 Å². The van der Waals surface area contributed by atoms with E-state index < -0.39 is 11.9 Å². The van der Waals surface area contributed by atoms with E-state index in [1.54, 1.807) is 18.7 Å². The van der Waals surface area contributed by atoms with Gasteiger partial charge in [0, 0.05) is 87.5 Å². The van der Waals surface area contributed by atoms with Crippen LogP contribution in [0.2, 0.25) is 0 Å². The van der Waals surface area contributed by atoms with Crippen molar-refractivity contribution in [3.05, 3.63) is 194 Å². The van der Waals surface area contributed by atoms with Gasteiger partial charge in [-0.1, -0.05) is 34.7 Å². The molecule has 0 unspecified atom stereocenters. The van der Waals surface area contributed by atoms with Crippen LogP contribution < -0.4 is 30.0 Å². The summed E-state index contributed by atoms with van der Waals surface area (Å²) >= 11 is 0. The van der Waals surface area contributed by atoms with Crippen molar-refractivity contribution >= 4 is 61.9 Å². The number of nitrogens with two attached hydrogens (primary N) is 1. The summed E-state index contributed by atoms with van der Waals surface area (Å²) in [5.41, 5.74) is 23.0. The van der Waals surface area contributed by atoms with Crippen LogP contribution in [0.15, 0.2) is 182 Å². The minimum atomic E-state index is -0.817. The molecule has 29 nitrogen and oxygen atoms in total. The molecule has 6 aromatic heterocycles. The number of carbonyl (C=O) groups excluding carboxylic acids is 3. The molecule has 0 bridgehead atoms. The minimum Gasteiger partial charge on any atom is -0.492 e. The maximum atomic E-state index is 13.8. The average Bonchev–Trinajstić information content (AvgIpc) is 1.68. The van der Waals surface area contributed by atoms with E-state index in [-0.39, 0.29) is 31.4 Å². The highest BCUT2D eigenvalue weighted by molar-refractivity contribution is 5.92. The third kappa shape index (κ3) is 23.5. The van der Waals surface area contributed by atoms with Crippen LogP contribution in [0.25, 0.3) is 112 Å². The zero-order valence-corrected chi connectivity index (χ0v) is 70.5. The number of benzene rings is 8. The van der Waals surface area contributed by atoms with Crippen molar-refractivity contribution in [2.45, 2.75) is 77.4 Å². The van der Waals surface area contributed by atoms with Gasteiger partial charge in [0.05, 0.1) is 68.6 Å². The van der Waals surface area contributed by atoms with Crippen molar-refractivity contribution in [2.75, 3.05) is 141 Å². The summed E-state index contributed by atoms with van der Waals surface area (Å²) in [6.45, 7) is 10.9. The lowest BCUT2D eigenvalue weighted by Gasteiger charge is -2.30. The van der Waals surface area contributed by atoms with Crippen LogP contribution in [0.1, 0.15) is 56.8 Å². The fraction of sp³-hybridized carbons (Fsp3) is 0.359. The van der Waals surface area contributed by atoms with Crippen molar-refractivity contribution < 1.29 is 33.3 Å². The predicted octanol–water partition coefficient (Wildman–Crippen LogP) is 12.2. The quantitative estimate of drug-likeness (QED) is 0.0193. The molecule has 0 fully saturated rings. The van der Waals surface area contributed by atoms with E-state index in [1.165, 1.54) is 9.80 Å². The van der Waals surface area contributed by atoms with Crippen LogP contribution in [0.4, 0.5) is 0 Å². The Hall–Kier alpha value is -12.7. The summed E-state index contributed by atoms with van der Waals surface area (Å²) in [5.74, 6) is 5.24. The van der Waals surface area contributed by atoms with Crippen LogP contribution >= 0.6 is 0 Å². The van der Waals surface area contributed by atoms with Gasteiger partial charge >= 0.3 is 0 Å². The maximum absolute atomic E-state index is 13.8. The number of primary amides is 1. The van der Waals surface area contributed by atoms with Crippen LogP contribution in [0.3, 0.4) is 0 Å². The molecule has 0 spiro atoms. The molecule has 0 saturated heterocycles. The summed E-state index contributed by atoms with van der Waals surface area (Å²) in [6, 6.07) is 56.6. The molecule has 0 aliphatic carbocycles. The highest BCUT2D eigenvalue weighted by atomic mass is 16.5. The molecule has 0 aliphatic heterocycles. The number of hydrogen-bond donors (Lipinski definition) is 6. The largest absolute Gasteiger partial charge is 0.492 e. The van der Waals surface area contributed by atoms with Gasteiger partial charge in [0.15, 0.2) is 0 Å². The Morgan fingerprint density at radius 2 is 0.752 bits per heavy atom. The van der Waals surface area contributed by atoms with Crippen molar-refractivity contribution in [1.82, 2.24) is 105 Å². The Morgan fingerprint density at radius 3 is 1.10 bits per heavy atom. The molecule has 121 heavy (non-hydrogen) atoms. The van der Waals surface area contributed by atoms with Crippen molar-refractivity contribution in [1.29, 1.82) is 0 Å². The number of amides is 3. The molecule has 29 heteroatoms. The second-order valence-corrected chi connectivity index (χ2v) is 31.6. The van der Waals surface area contributed by atoms with Crippen LogP contribution in [-0.2, 0) is 40.3 Å². The predicted molar refractivity (Wildman–Crippen MR) is 474 cm³/mol. The van der Waals surface area contributed by atoms with E-state index in [0.29, 0.717) is 52.5 Å². The zero-order chi connectivity index (χ0) is 84.1.